The Balaban J connectivity index is 2.48. The van der Waals surface area contributed by atoms with E-state index in [-0.39, 0.29) is 5.56 Å². The molecular weight excluding hydrogens is 288 g/mol. The summed E-state index contributed by atoms with van der Waals surface area (Å²) < 4.78 is 6.56. The van der Waals surface area contributed by atoms with E-state index in [1.165, 1.54) is 15.9 Å². The third-order valence-electron chi connectivity index (χ3n) is 3.35. The van der Waals surface area contributed by atoms with Crippen LogP contribution in [-0.4, -0.2) is 22.1 Å². The molecule has 6 heteroatoms. The maximum absolute atomic E-state index is 12.6. The zero-order chi connectivity index (χ0) is 15.6. The van der Waals surface area contributed by atoms with Crippen molar-refractivity contribution in [1.29, 1.82) is 0 Å². The van der Waals surface area contributed by atoms with Gasteiger partial charge in [-0.2, -0.15) is 0 Å². The summed E-state index contributed by atoms with van der Waals surface area (Å²) >= 11 is 1.53. The lowest BCUT2D eigenvalue weighted by Gasteiger charge is -2.16. The van der Waals surface area contributed by atoms with Crippen LogP contribution < -0.4 is 5.56 Å². The number of carbonyl (C=O) groups excluding carboxylic acids is 1. The molecule has 0 saturated carbocycles. The van der Waals surface area contributed by atoms with Gasteiger partial charge < -0.3 is 4.74 Å². The summed E-state index contributed by atoms with van der Waals surface area (Å²) in [5, 5.41) is 0.581. The van der Waals surface area contributed by atoms with Crippen LogP contribution in [0, 0.1) is 6.92 Å². The molecule has 0 saturated heterocycles. The van der Waals surface area contributed by atoms with E-state index in [9.17, 15) is 9.59 Å². The minimum atomic E-state index is -0.661. The normalized spacial score (nSPS) is 12.6. The Morgan fingerprint density at radius 1 is 1.48 bits per heavy atom. The minimum Gasteiger partial charge on any atom is -0.464 e. The number of ether oxygens (including phenoxy) is 1. The fourth-order valence-corrected chi connectivity index (χ4v) is 3.21. The lowest BCUT2D eigenvalue weighted by Crippen LogP contribution is -2.31. The first kappa shape index (κ1) is 15.7. The molecule has 2 heterocycles. The largest absolute Gasteiger partial charge is 0.464 e. The molecule has 0 aromatic carbocycles. The maximum Gasteiger partial charge on any atom is 0.329 e. The fourth-order valence-electron chi connectivity index (χ4n) is 2.20. The molecule has 114 valence electrons. The van der Waals surface area contributed by atoms with Crippen LogP contribution >= 0.6 is 11.3 Å². The highest BCUT2D eigenvalue weighted by Gasteiger charge is 2.22. The van der Waals surface area contributed by atoms with Gasteiger partial charge in [0.05, 0.1) is 12.0 Å². The third kappa shape index (κ3) is 3.00. The van der Waals surface area contributed by atoms with Crippen LogP contribution in [0.25, 0.3) is 10.2 Å². The highest BCUT2D eigenvalue weighted by molar-refractivity contribution is 7.18. The molecule has 0 bridgehead atoms. The molecule has 0 aliphatic rings. The van der Waals surface area contributed by atoms with Gasteiger partial charge in [0.25, 0.3) is 5.56 Å². The third-order valence-corrected chi connectivity index (χ3v) is 4.52. The first-order valence-corrected chi connectivity index (χ1v) is 7.99. The summed E-state index contributed by atoms with van der Waals surface area (Å²) in [4.78, 5) is 30.9. The molecule has 21 heavy (non-hydrogen) atoms. The number of thiophene rings is 1. The monoisotopic (exact) mass is 308 g/mol. The molecule has 1 atom stereocenters. The first-order valence-electron chi connectivity index (χ1n) is 7.17. The van der Waals surface area contributed by atoms with Crippen LogP contribution in [0.15, 0.2) is 10.9 Å². The highest BCUT2D eigenvalue weighted by atomic mass is 32.1. The van der Waals surface area contributed by atoms with E-state index in [0.717, 1.165) is 22.5 Å². The minimum absolute atomic E-state index is 0.172. The standard InChI is InChI=1S/C15H20N2O3S/c1-5-7-20-15(19)9(3)17-10(4)16-13-12(14(17)18)8-11(6-2)21-13/h8-9H,5-7H2,1-4H3. The molecule has 0 fully saturated rings. The molecule has 0 radical (unpaired) electrons. The van der Waals surface area contributed by atoms with Gasteiger partial charge in [-0.25, -0.2) is 9.78 Å². The number of hydrogen-bond donors (Lipinski definition) is 0. The van der Waals surface area contributed by atoms with Gasteiger partial charge in [-0.3, -0.25) is 9.36 Å². The number of fused-ring (bicyclic) bond motifs is 1. The number of rotatable bonds is 5. The molecule has 2 rings (SSSR count). The summed E-state index contributed by atoms with van der Waals surface area (Å²) in [6.07, 6.45) is 1.63. The van der Waals surface area contributed by atoms with E-state index in [2.05, 4.69) is 4.98 Å². The fraction of sp³-hybridized carbons (Fsp3) is 0.533. The zero-order valence-electron chi connectivity index (χ0n) is 12.8. The van der Waals surface area contributed by atoms with Gasteiger partial charge in [0.15, 0.2) is 0 Å². The molecule has 0 aliphatic heterocycles. The second-order valence-electron chi connectivity index (χ2n) is 4.96. The van der Waals surface area contributed by atoms with E-state index < -0.39 is 12.0 Å². The van der Waals surface area contributed by atoms with Crippen molar-refractivity contribution in [3.05, 3.63) is 27.1 Å². The van der Waals surface area contributed by atoms with E-state index in [1.807, 2.05) is 19.9 Å². The Kier molecular flexibility index (Phi) is 4.77. The number of carbonyl (C=O) groups is 1. The summed E-state index contributed by atoms with van der Waals surface area (Å²) in [7, 11) is 0. The smallest absolute Gasteiger partial charge is 0.329 e. The summed E-state index contributed by atoms with van der Waals surface area (Å²) in [5.41, 5.74) is -0.172. The highest BCUT2D eigenvalue weighted by Crippen LogP contribution is 2.23. The summed E-state index contributed by atoms with van der Waals surface area (Å²) in [6, 6.07) is 1.21. The van der Waals surface area contributed by atoms with Crippen molar-refractivity contribution in [3.63, 3.8) is 0 Å². The second kappa shape index (κ2) is 6.39. The molecule has 0 N–H and O–H groups in total. The molecule has 0 amide bonds. The molecule has 0 aliphatic carbocycles. The molecule has 2 aromatic heterocycles. The predicted octanol–water partition coefficient (Wildman–Crippen LogP) is 2.84. The number of esters is 1. The van der Waals surface area contributed by atoms with Crippen LogP contribution in [-0.2, 0) is 16.0 Å². The summed E-state index contributed by atoms with van der Waals surface area (Å²) in [6.45, 7) is 7.76. The van der Waals surface area contributed by atoms with Crippen molar-refractivity contribution >= 4 is 27.5 Å². The average Bonchev–Trinajstić information content (AvgIpc) is 2.87. The van der Waals surface area contributed by atoms with Gasteiger partial charge in [-0.05, 0) is 32.8 Å². The van der Waals surface area contributed by atoms with Gasteiger partial charge in [0.2, 0.25) is 0 Å². The number of hydrogen-bond acceptors (Lipinski definition) is 5. The quantitative estimate of drug-likeness (QED) is 0.797. The molecule has 1 unspecified atom stereocenters. The molecular formula is C15H20N2O3S. The maximum atomic E-state index is 12.6. The van der Waals surface area contributed by atoms with Crippen LogP contribution in [0.2, 0.25) is 0 Å². The lowest BCUT2D eigenvalue weighted by molar-refractivity contribution is -0.147. The van der Waals surface area contributed by atoms with Crippen molar-refractivity contribution in [2.24, 2.45) is 0 Å². The zero-order valence-corrected chi connectivity index (χ0v) is 13.6. The van der Waals surface area contributed by atoms with E-state index in [0.29, 0.717) is 17.8 Å². The SMILES string of the molecule is CCCOC(=O)C(C)n1c(C)nc2sc(CC)cc2c1=O. The van der Waals surface area contributed by atoms with Gasteiger partial charge in [-0.15, -0.1) is 11.3 Å². The van der Waals surface area contributed by atoms with Crippen molar-refractivity contribution in [2.45, 2.75) is 46.6 Å². The van der Waals surface area contributed by atoms with Crippen LogP contribution in [0.1, 0.15) is 43.9 Å². The second-order valence-corrected chi connectivity index (χ2v) is 6.08. The lowest BCUT2D eigenvalue weighted by atomic mass is 10.2. The average molecular weight is 308 g/mol. The van der Waals surface area contributed by atoms with E-state index in [4.69, 9.17) is 4.74 Å². The molecule has 5 nitrogen and oxygen atoms in total. The van der Waals surface area contributed by atoms with Crippen LogP contribution in [0.3, 0.4) is 0 Å². The van der Waals surface area contributed by atoms with Crippen molar-refractivity contribution in [1.82, 2.24) is 9.55 Å². The summed E-state index contributed by atoms with van der Waals surface area (Å²) in [5.74, 6) is 0.145. The predicted molar refractivity (Wildman–Crippen MR) is 84.0 cm³/mol. The topological polar surface area (TPSA) is 61.2 Å². The van der Waals surface area contributed by atoms with Gasteiger partial charge in [-0.1, -0.05) is 13.8 Å². The van der Waals surface area contributed by atoms with Crippen molar-refractivity contribution in [3.8, 4) is 0 Å². The van der Waals surface area contributed by atoms with Gasteiger partial charge in [0, 0.05) is 4.88 Å². The van der Waals surface area contributed by atoms with Crippen LogP contribution in [0.4, 0.5) is 0 Å². The van der Waals surface area contributed by atoms with Crippen LogP contribution in [0.5, 0.6) is 0 Å². The Morgan fingerprint density at radius 3 is 2.81 bits per heavy atom. The molecule has 0 spiro atoms. The number of aryl methyl sites for hydroxylation is 2. The Morgan fingerprint density at radius 2 is 2.19 bits per heavy atom. The van der Waals surface area contributed by atoms with E-state index in [1.54, 1.807) is 13.8 Å². The number of aromatic nitrogens is 2. The molecule has 2 aromatic rings. The Labute approximate surface area is 127 Å². The van der Waals surface area contributed by atoms with Crippen molar-refractivity contribution < 1.29 is 9.53 Å². The Bertz CT molecular complexity index is 718. The van der Waals surface area contributed by atoms with E-state index >= 15 is 0 Å². The Hall–Kier alpha value is -1.69. The van der Waals surface area contributed by atoms with Gasteiger partial charge in [0.1, 0.15) is 16.7 Å². The number of nitrogens with zero attached hydrogens (tertiary/aromatic N) is 2. The first-order chi connectivity index (χ1) is 9.99. The van der Waals surface area contributed by atoms with Crippen molar-refractivity contribution in [2.75, 3.05) is 6.61 Å². The van der Waals surface area contributed by atoms with Gasteiger partial charge >= 0.3 is 5.97 Å².